The second-order valence-corrected chi connectivity index (χ2v) is 5.87. The van der Waals surface area contributed by atoms with Gasteiger partial charge < -0.3 is 5.43 Å². The molecule has 0 heterocycles. The Balaban J connectivity index is 2.84. The number of hydrogen-bond acceptors (Lipinski definition) is 5. The summed E-state index contributed by atoms with van der Waals surface area (Å²) in [5.74, 6) is 6.69. The fraction of sp³-hybridized carbons (Fsp3) is 0.500. The average Bonchev–Trinajstić information content (AvgIpc) is 2.35. The van der Waals surface area contributed by atoms with Gasteiger partial charge in [-0.1, -0.05) is 20.8 Å². The summed E-state index contributed by atoms with van der Waals surface area (Å²) >= 11 is 1.77. The van der Waals surface area contributed by atoms with Crippen LogP contribution in [0.3, 0.4) is 0 Å². The molecule has 0 amide bonds. The topological polar surface area (TPSA) is 81.2 Å². The molecule has 5 nitrogen and oxygen atoms in total. The molecule has 0 saturated heterocycles. The van der Waals surface area contributed by atoms with Crippen LogP contribution in [0.15, 0.2) is 18.2 Å². The number of anilines is 1. The van der Waals surface area contributed by atoms with Crippen molar-refractivity contribution < 1.29 is 4.92 Å². The zero-order valence-electron chi connectivity index (χ0n) is 10.8. The fourth-order valence-corrected chi connectivity index (χ4v) is 2.43. The number of hydrazine groups is 1. The van der Waals surface area contributed by atoms with Gasteiger partial charge in [0, 0.05) is 23.1 Å². The van der Waals surface area contributed by atoms with Gasteiger partial charge in [0.1, 0.15) is 0 Å². The molecule has 18 heavy (non-hydrogen) atoms. The summed E-state index contributed by atoms with van der Waals surface area (Å²) in [5, 5.41) is 11.2. The molecule has 0 bridgehead atoms. The van der Waals surface area contributed by atoms with Crippen LogP contribution in [0.5, 0.6) is 0 Å². The van der Waals surface area contributed by atoms with Gasteiger partial charge in [0.05, 0.1) is 10.6 Å². The quantitative estimate of drug-likeness (QED) is 0.471. The number of nitrogen functional groups attached to an aromatic ring is 1. The van der Waals surface area contributed by atoms with Gasteiger partial charge >= 0.3 is 0 Å². The molecular weight excluding hydrogens is 250 g/mol. The minimum atomic E-state index is -0.389. The molecule has 0 radical (unpaired) electrons. The Morgan fingerprint density at radius 3 is 2.61 bits per heavy atom. The van der Waals surface area contributed by atoms with Crippen LogP contribution >= 0.6 is 11.8 Å². The zero-order chi connectivity index (χ0) is 13.7. The highest BCUT2D eigenvalue weighted by Gasteiger charge is 2.13. The van der Waals surface area contributed by atoms with Crippen molar-refractivity contribution in [1.29, 1.82) is 0 Å². The second-order valence-electron chi connectivity index (χ2n) is 4.50. The van der Waals surface area contributed by atoms with E-state index in [1.54, 1.807) is 23.9 Å². The maximum atomic E-state index is 10.7. The Kier molecular flexibility index (Phi) is 5.43. The minimum absolute atomic E-state index is 0.0989. The fourth-order valence-electron chi connectivity index (χ4n) is 1.37. The first kappa shape index (κ1) is 14.8. The molecule has 0 aliphatic carbocycles. The number of nitro groups is 1. The van der Waals surface area contributed by atoms with Crippen LogP contribution in [0.4, 0.5) is 11.4 Å². The standard InChI is InChI=1S/C12H19N3O2S/c1-8(2)9(3)18-7-10-6-11(15(16)17)4-5-12(10)14-13/h4-6,8-9,14H,7,13H2,1-3H3. The summed E-state index contributed by atoms with van der Waals surface area (Å²) < 4.78 is 0. The van der Waals surface area contributed by atoms with E-state index in [0.29, 0.717) is 16.9 Å². The molecule has 0 spiro atoms. The molecule has 0 aliphatic heterocycles. The first-order valence-corrected chi connectivity index (χ1v) is 6.86. The highest BCUT2D eigenvalue weighted by molar-refractivity contribution is 7.99. The number of nitro benzene ring substituents is 1. The molecule has 3 N–H and O–H groups in total. The highest BCUT2D eigenvalue weighted by Crippen LogP contribution is 2.29. The van der Waals surface area contributed by atoms with E-state index in [4.69, 9.17) is 5.84 Å². The van der Waals surface area contributed by atoms with E-state index in [-0.39, 0.29) is 10.6 Å². The molecule has 1 aromatic carbocycles. The van der Waals surface area contributed by atoms with Crippen molar-refractivity contribution in [2.45, 2.75) is 31.8 Å². The lowest BCUT2D eigenvalue weighted by Crippen LogP contribution is -2.10. The summed E-state index contributed by atoms with van der Waals surface area (Å²) in [4.78, 5) is 10.4. The molecule has 6 heteroatoms. The lowest BCUT2D eigenvalue weighted by Gasteiger charge is -2.16. The van der Waals surface area contributed by atoms with Gasteiger partial charge in [-0.3, -0.25) is 16.0 Å². The van der Waals surface area contributed by atoms with Gasteiger partial charge in [-0.25, -0.2) is 0 Å². The van der Waals surface area contributed by atoms with E-state index in [9.17, 15) is 10.1 Å². The molecule has 100 valence electrons. The Morgan fingerprint density at radius 1 is 1.44 bits per heavy atom. The summed E-state index contributed by atoms with van der Waals surface area (Å²) in [6.45, 7) is 6.47. The Bertz CT molecular complexity index is 424. The van der Waals surface area contributed by atoms with Gasteiger partial charge in [-0.05, 0) is 17.5 Å². The third-order valence-corrected chi connectivity index (χ3v) is 4.44. The molecule has 1 unspecified atom stereocenters. The SMILES string of the molecule is CC(C)C(C)SCc1cc([N+](=O)[O-])ccc1NN. The molecule has 0 saturated carbocycles. The van der Waals surface area contributed by atoms with Gasteiger partial charge in [0.25, 0.3) is 5.69 Å². The maximum absolute atomic E-state index is 10.7. The number of nitrogens with zero attached hydrogens (tertiary/aromatic N) is 1. The molecular formula is C12H19N3O2S. The molecule has 1 rings (SSSR count). The summed E-state index contributed by atoms with van der Waals surface area (Å²) in [5.41, 5.74) is 4.28. The molecule has 0 aliphatic rings. The van der Waals surface area contributed by atoms with E-state index in [1.807, 2.05) is 0 Å². The van der Waals surface area contributed by atoms with Crippen LogP contribution in [0.2, 0.25) is 0 Å². The summed E-state index contributed by atoms with van der Waals surface area (Å²) in [7, 11) is 0. The number of rotatable bonds is 6. The molecule has 1 atom stereocenters. The van der Waals surface area contributed by atoms with Crippen molar-refractivity contribution in [2.75, 3.05) is 5.43 Å². The largest absolute Gasteiger partial charge is 0.324 e. The van der Waals surface area contributed by atoms with Crippen LogP contribution in [0.25, 0.3) is 0 Å². The predicted octanol–water partition coefficient (Wildman–Crippen LogP) is 3.16. The predicted molar refractivity (Wildman–Crippen MR) is 76.5 cm³/mol. The summed E-state index contributed by atoms with van der Waals surface area (Å²) in [6, 6.07) is 4.68. The van der Waals surface area contributed by atoms with Gasteiger partial charge in [-0.2, -0.15) is 11.8 Å². The van der Waals surface area contributed by atoms with Crippen LogP contribution in [-0.4, -0.2) is 10.2 Å². The molecule has 0 fully saturated rings. The molecule has 0 aromatic heterocycles. The van der Waals surface area contributed by atoms with Crippen molar-refractivity contribution in [3.8, 4) is 0 Å². The van der Waals surface area contributed by atoms with E-state index < -0.39 is 0 Å². The smallest absolute Gasteiger partial charge is 0.269 e. The summed E-state index contributed by atoms with van der Waals surface area (Å²) in [6.07, 6.45) is 0. The average molecular weight is 269 g/mol. The first-order chi connectivity index (χ1) is 8.45. The number of benzene rings is 1. The van der Waals surface area contributed by atoms with Gasteiger partial charge in [0.2, 0.25) is 0 Å². The van der Waals surface area contributed by atoms with Gasteiger partial charge in [-0.15, -0.1) is 0 Å². The number of non-ortho nitro benzene ring substituents is 1. The van der Waals surface area contributed by atoms with Crippen molar-refractivity contribution in [3.63, 3.8) is 0 Å². The lowest BCUT2D eigenvalue weighted by molar-refractivity contribution is -0.384. The maximum Gasteiger partial charge on any atom is 0.269 e. The van der Waals surface area contributed by atoms with Crippen LogP contribution in [0, 0.1) is 16.0 Å². The number of hydrogen-bond donors (Lipinski definition) is 2. The molecule has 1 aromatic rings. The first-order valence-electron chi connectivity index (χ1n) is 5.81. The van der Waals surface area contributed by atoms with E-state index in [1.165, 1.54) is 6.07 Å². The Labute approximate surface area is 111 Å². The number of nitrogens with two attached hydrogens (primary N) is 1. The van der Waals surface area contributed by atoms with Crippen molar-refractivity contribution in [2.24, 2.45) is 11.8 Å². The van der Waals surface area contributed by atoms with Crippen molar-refractivity contribution in [3.05, 3.63) is 33.9 Å². The van der Waals surface area contributed by atoms with E-state index in [0.717, 1.165) is 11.3 Å². The van der Waals surface area contributed by atoms with Crippen molar-refractivity contribution >= 4 is 23.1 Å². The van der Waals surface area contributed by atoms with E-state index in [2.05, 4.69) is 26.2 Å². The Morgan fingerprint density at radius 2 is 2.11 bits per heavy atom. The third-order valence-electron chi connectivity index (χ3n) is 2.90. The number of thioether (sulfide) groups is 1. The minimum Gasteiger partial charge on any atom is -0.324 e. The van der Waals surface area contributed by atoms with Crippen molar-refractivity contribution in [1.82, 2.24) is 0 Å². The third kappa shape index (κ3) is 3.89. The van der Waals surface area contributed by atoms with Crippen LogP contribution in [-0.2, 0) is 5.75 Å². The zero-order valence-corrected chi connectivity index (χ0v) is 11.7. The monoisotopic (exact) mass is 269 g/mol. The van der Waals surface area contributed by atoms with Crippen LogP contribution < -0.4 is 11.3 Å². The second kappa shape index (κ2) is 6.61. The highest BCUT2D eigenvalue weighted by atomic mass is 32.2. The van der Waals surface area contributed by atoms with E-state index >= 15 is 0 Å². The van der Waals surface area contributed by atoms with Crippen LogP contribution in [0.1, 0.15) is 26.3 Å². The normalized spacial score (nSPS) is 12.5. The lowest BCUT2D eigenvalue weighted by atomic mass is 10.1. The Hall–Kier alpha value is -1.27. The number of nitrogens with one attached hydrogen (secondary N) is 1. The van der Waals surface area contributed by atoms with Gasteiger partial charge in [0.15, 0.2) is 0 Å².